The second-order valence-electron chi connectivity index (χ2n) is 20.3. The second kappa shape index (κ2) is 67.6. The number of rotatable bonds is 25. The molecule has 0 aliphatic carbocycles. The van der Waals surface area contributed by atoms with Gasteiger partial charge in [-0.05, 0) is 91.8 Å². The molecule has 0 amide bonds. The number of fused-ring (bicyclic) bond motifs is 2. The topological polar surface area (TPSA) is 545 Å². The van der Waals surface area contributed by atoms with Crippen LogP contribution in [0.4, 0.5) is 23.3 Å². The van der Waals surface area contributed by atoms with Crippen molar-refractivity contribution in [2.45, 2.75) is 70.4 Å². The molecule has 0 bridgehead atoms. The van der Waals surface area contributed by atoms with Crippen molar-refractivity contribution in [2.24, 2.45) is 19.8 Å². The molecular weight excluding hydrogens is 2020 g/mol. The molecule has 651 valence electrons. The Bertz CT molecular complexity index is 5050. The molecule has 40 nitrogen and oxygen atoms in total. The Morgan fingerprint density at radius 1 is 0.583 bits per heavy atom. The Labute approximate surface area is 781 Å². The van der Waals surface area contributed by atoms with Crippen molar-refractivity contribution < 1.29 is 155 Å². The molecule has 9 aromatic heterocycles. The zero-order valence-corrected chi connectivity index (χ0v) is 84.2. The fraction of sp³-hybridized carbons (Fsp3) is 0.388. The van der Waals surface area contributed by atoms with Gasteiger partial charge in [-0.1, -0.05) is 82.2 Å². The van der Waals surface area contributed by atoms with Gasteiger partial charge < -0.3 is 61.5 Å². The van der Waals surface area contributed by atoms with E-state index in [0.717, 1.165) is 29.1 Å². The Kier molecular flexibility index (Phi) is 66.0. The zero-order chi connectivity index (χ0) is 90.8. The molecule has 120 heavy (non-hydrogen) atoms. The van der Waals surface area contributed by atoms with E-state index in [9.17, 15) is 46.5 Å². The maximum absolute atomic E-state index is 11.5. The number of aliphatic hydroxyl groups excluding tert-OH is 1. The van der Waals surface area contributed by atoms with E-state index in [-0.39, 0.29) is 114 Å². The number of hydrogen-bond acceptors (Lipinski definition) is 44. The van der Waals surface area contributed by atoms with Crippen molar-refractivity contribution in [2.75, 3.05) is 147 Å². The van der Waals surface area contributed by atoms with Gasteiger partial charge in [0.1, 0.15) is 57.0 Å². The van der Waals surface area contributed by atoms with Crippen molar-refractivity contribution in [3.63, 3.8) is 0 Å². The second-order valence-corrected chi connectivity index (χ2v) is 29.7. The number of sulfone groups is 1. The summed E-state index contributed by atoms with van der Waals surface area (Å²) in [6.45, 7) is 8.15. The number of halogens is 1. The van der Waals surface area contributed by atoms with Gasteiger partial charge in [-0.25, -0.2) is 87.6 Å². The Balaban J connectivity index is -0.000000422. The van der Waals surface area contributed by atoms with Crippen LogP contribution in [-0.2, 0) is 95.2 Å². The summed E-state index contributed by atoms with van der Waals surface area (Å²) in [5.74, 6) is 0.589. The van der Waals surface area contributed by atoms with E-state index < -0.39 is 50.2 Å². The predicted octanol–water partition coefficient (Wildman–Crippen LogP) is 4.67. The van der Waals surface area contributed by atoms with Crippen LogP contribution < -0.4 is 67.7 Å². The summed E-state index contributed by atoms with van der Waals surface area (Å²) >= 11 is 12.9. The first-order valence-electron chi connectivity index (χ1n) is 33.8. The van der Waals surface area contributed by atoms with Gasteiger partial charge in [0.15, 0.2) is 37.2 Å². The van der Waals surface area contributed by atoms with Crippen LogP contribution in [-0.4, -0.2) is 258 Å². The fourth-order valence-electron chi connectivity index (χ4n) is 7.63. The van der Waals surface area contributed by atoms with Crippen LogP contribution in [0.25, 0.3) is 28.1 Å². The van der Waals surface area contributed by atoms with Crippen LogP contribution in [0.3, 0.4) is 0 Å². The molecule has 0 saturated carbocycles. The largest absolute Gasteiger partial charge is 0 e. The maximum Gasteiger partial charge on any atom is 0 e. The number of nitrogens with zero attached hydrogens (tertiary/aromatic N) is 16. The minimum Gasteiger partial charge on any atom is 0 e. The molecule has 2 radical (unpaired) electrons. The van der Waals surface area contributed by atoms with Crippen LogP contribution in [0.2, 0.25) is 5.15 Å². The van der Waals surface area contributed by atoms with E-state index in [0.29, 0.717) is 102 Å². The number of esters is 4. The quantitative estimate of drug-likeness (QED) is 0.00521. The molecule has 9 heterocycles. The number of pyridine rings is 2. The Morgan fingerprint density at radius 2 is 0.950 bits per heavy atom. The van der Waals surface area contributed by atoms with E-state index in [1.807, 2.05) is 37.5 Å². The number of carbonyl (C=O) groups excluding carboxylic acids is 5. The SMILES string of the molecule is CCOC(=O)/C=C/c1cnc(SC)nc1NC.CCOC(=O)CP(=O)(OC)OC.CCOC(=O)c1cnc(SC)nc1Cl.CCOC(=O)c1cnc(SC)nc1NC.CN.CNc1nc(SC)ncc1C=O.CNc1nc(SC)ncc1CO.CSc1ncc2ccc(=O)n(C)c2n1.Cn1c(=O)ccc2cnc(S(C)(=O)=O)nc21.[2H][B].[H-].[Na+].[O]=[Mn]=[O].[U]. The summed E-state index contributed by atoms with van der Waals surface area (Å²) in [5, 5.41) is 25.6. The summed E-state index contributed by atoms with van der Waals surface area (Å²) < 4.78 is 86.8. The number of aldehydes is 1. The number of thioether (sulfide) groups is 6. The van der Waals surface area contributed by atoms with E-state index in [1.165, 1.54) is 151 Å². The van der Waals surface area contributed by atoms with Crippen molar-refractivity contribution >= 4 is 190 Å². The number of hydrogen-bond donors (Lipinski definition) is 6. The Hall–Kier alpha value is -6.88. The number of aromatic nitrogens is 16. The van der Waals surface area contributed by atoms with Gasteiger partial charge in [0, 0.05) is 186 Å². The van der Waals surface area contributed by atoms with Gasteiger partial charge in [0.05, 0.1) is 38.6 Å². The zero-order valence-electron chi connectivity index (χ0n) is 71.5. The molecule has 7 N–H and O–H groups in total. The number of nitrogens with two attached hydrogens (primary N) is 1. The molecule has 53 heteroatoms. The third kappa shape index (κ3) is 43.4. The van der Waals surface area contributed by atoms with Crippen LogP contribution in [0.1, 0.15) is 71.3 Å². The molecule has 0 saturated heterocycles. The van der Waals surface area contributed by atoms with E-state index in [4.69, 9.17) is 39.9 Å². The molecule has 0 atom stereocenters. The summed E-state index contributed by atoms with van der Waals surface area (Å²) in [6.07, 6.45) is 26.5. The van der Waals surface area contributed by atoms with Crippen molar-refractivity contribution in [1.82, 2.24) is 78.9 Å². The van der Waals surface area contributed by atoms with Crippen molar-refractivity contribution in [3.8, 4) is 0 Å². The summed E-state index contributed by atoms with van der Waals surface area (Å²) in [5.41, 5.74) is 7.70. The van der Waals surface area contributed by atoms with Gasteiger partial charge >= 0.3 is 83.5 Å². The van der Waals surface area contributed by atoms with Gasteiger partial charge in [-0.15, -0.1) is 0 Å². The number of aryl methyl sites for hydroxylation is 2. The predicted molar refractivity (Wildman–Crippen MR) is 458 cm³/mol. The molecule has 9 rings (SSSR count). The summed E-state index contributed by atoms with van der Waals surface area (Å²) in [7, 11) is 11.2. The third-order valence-electron chi connectivity index (χ3n) is 13.1. The maximum atomic E-state index is 11.5. The van der Waals surface area contributed by atoms with Crippen LogP contribution in [0, 0.1) is 31.1 Å². The van der Waals surface area contributed by atoms with Crippen molar-refractivity contribution in [3.05, 3.63) is 127 Å². The standard InChI is InChI=1S/C11H15N3O2S.C9H9N3O3S.C9H13N3O2S.C9H9N3OS.C8H9ClN2O2S.C7H11N3OS.C7H9N3OS.C6H13O5P.CH5N.BH.Mn.Na.2O.U.H/c1-4-16-9(15)6-5-8-7-13-11(17-3)14-10(8)12-2;1-12-7(13)4-3-6-5-10-9(11-8(6)12)16(2,14)15;1-4-14-8(13)6-5-11-9(15-3)12-7(6)10-2;1-12-7(13)4-3-6-5-10-9(14-2)11-8(6)12;1-3-13-7(12)5-4-10-8(14-2)11-6(5)9;2*1-8-6-5(4-11)3-9-7(10-6)12-2;1-4-11-6(7)5-12(8,9-2)10-3;1-2;;;;;;;/h5-7H,4H2,1-3H3,(H,12,13,14);3-5H,1-2H3;5H,4H2,1-3H3,(H,10,11,12);3-5H,1-2H3;4H,3H2,1-2H3;3,11H,4H2,1-2H3,(H,8,9,10);3-4H,1-2H3,(H,8,9,10);4-5H2,1-3H3;2H2,1H3;1H;;;;;;/q;;;;;;;;;;;+1;;;;-1/b6-5+;;;;;;;;;;;;;;;/i;;;;;;;;;1D;;;;;;. The average Bonchev–Trinajstić information content (AvgIpc) is 0.800. The first kappa shape index (κ1) is 117. The number of aliphatic hydroxyl groups is 1. The van der Waals surface area contributed by atoms with Gasteiger partial charge in [0.25, 0.3) is 11.1 Å². The number of carbonyl (C=O) groups is 5. The summed E-state index contributed by atoms with van der Waals surface area (Å²) in [4.78, 5) is 135. The van der Waals surface area contributed by atoms with Gasteiger partial charge in [0.2, 0.25) is 15.0 Å². The average molecular weight is 2120 g/mol. The first-order valence-corrected chi connectivity index (χ1v) is 45.6. The minimum absolute atomic E-state index is 0. The fourth-order valence-corrected chi connectivity index (χ4v) is 11.2. The summed E-state index contributed by atoms with van der Waals surface area (Å²) in [6, 6.07) is 6.20. The number of nitrogens with one attached hydrogen (secondary N) is 4. The normalized spacial score (nSPS) is 9.97. The smallest absolute Gasteiger partial charge is 0 e. The Morgan fingerprint density at radius 3 is 1.36 bits per heavy atom. The molecule has 0 fully saturated rings. The first-order chi connectivity index (χ1) is 56.8. The third-order valence-corrected chi connectivity index (χ3v) is 19.4. The van der Waals surface area contributed by atoms with Crippen molar-refractivity contribution in [1.29, 1.82) is 1.34 Å². The van der Waals surface area contributed by atoms with E-state index in [1.54, 1.807) is 99.7 Å². The van der Waals surface area contributed by atoms with E-state index in [2.05, 4.69) is 119 Å². The van der Waals surface area contributed by atoms with Gasteiger partial charge in [-0.3, -0.25) is 32.9 Å². The van der Waals surface area contributed by atoms with E-state index >= 15 is 0 Å². The molecule has 0 aliphatic heterocycles. The van der Waals surface area contributed by atoms with Crippen LogP contribution in [0.15, 0.2) is 119 Å². The minimum atomic E-state index is -3.46. The molecule has 0 aromatic carbocycles. The monoisotopic (exact) mass is 2120 g/mol. The molecule has 0 spiro atoms. The molecular formula is C67H95BClMnN21NaO19PS7U. The molecule has 0 aliphatic rings. The van der Waals surface area contributed by atoms with Crippen LogP contribution in [0.5, 0.6) is 0 Å². The molecule has 0 unspecified atom stereocenters. The van der Waals surface area contributed by atoms with Gasteiger partial charge in [-0.2, -0.15) is 4.98 Å². The van der Waals surface area contributed by atoms with Crippen LogP contribution >= 0.6 is 89.8 Å². The number of anilines is 4. The molecule has 9 aromatic rings. The number of ether oxygens (including phenoxy) is 4.